The zero-order chi connectivity index (χ0) is 19.5. The molecule has 1 aliphatic rings. The van der Waals surface area contributed by atoms with Gasteiger partial charge in [0.15, 0.2) is 11.7 Å². The number of aromatic nitrogens is 1. The first-order chi connectivity index (χ1) is 13.6. The molecule has 1 N–H and O–H groups in total. The maximum absolute atomic E-state index is 13.0. The monoisotopic (exact) mass is 444 g/mol. The van der Waals surface area contributed by atoms with Crippen LogP contribution in [0.25, 0.3) is 11.3 Å². The van der Waals surface area contributed by atoms with Crippen molar-refractivity contribution in [3.63, 3.8) is 0 Å². The SMILES string of the molecule is O=C(CCc1ncc(-c2ccc(F)cc2)o1)NC1CCOc2ccc(Br)cc21. The van der Waals surface area contributed by atoms with Gasteiger partial charge in [-0.15, -0.1) is 0 Å². The number of ether oxygens (including phenoxy) is 1. The van der Waals surface area contributed by atoms with Crippen LogP contribution in [-0.2, 0) is 11.2 Å². The fourth-order valence-corrected chi connectivity index (χ4v) is 3.55. The van der Waals surface area contributed by atoms with E-state index in [9.17, 15) is 9.18 Å². The molecular formula is C21H18BrFN2O3. The number of benzene rings is 2. The fourth-order valence-electron chi connectivity index (χ4n) is 3.18. The van der Waals surface area contributed by atoms with E-state index in [0.29, 0.717) is 24.7 Å². The number of hydrogen-bond donors (Lipinski definition) is 1. The first-order valence-corrected chi connectivity index (χ1v) is 9.80. The molecule has 0 fully saturated rings. The number of carbonyl (C=O) groups is 1. The van der Waals surface area contributed by atoms with Gasteiger partial charge in [-0.3, -0.25) is 4.79 Å². The van der Waals surface area contributed by atoms with Crippen LogP contribution in [0.2, 0.25) is 0 Å². The summed E-state index contributed by atoms with van der Waals surface area (Å²) in [6.45, 7) is 0.570. The molecule has 7 heteroatoms. The molecule has 0 aliphatic carbocycles. The Morgan fingerprint density at radius 3 is 2.89 bits per heavy atom. The molecule has 0 bridgehead atoms. The average molecular weight is 445 g/mol. The summed E-state index contributed by atoms with van der Waals surface area (Å²) in [6.07, 6.45) is 2.97. The molecule has 1 unspecified atom stereocenters. The summed E-state index contributed by atoms with van der Waals surface area (Å²) in [5.41, 5.74) is 1.72. The lowest BCUT2D eigenvalue weighted by Gasteiger charge is -2.27. The van der Waals surface area contributed by atoms with Gasteiger partial charge in [-0.1, -0.05) is 15.9 Å². The Morgan fingerprint density at radius 1 is 1.25 bits per heavy atom. The topological polar surface area (TPSA) is 64.4 Å². The molecule has 0 saturated carbocycles. The summed E-state index contributed by atoms with van der Waals surface area (Å²) in [4.78, 5) is 16.6. The number of carbonyl (C=O) groups excluding carboxylic acids is 1. The molecule has 2 heterocycles. The van der Waals surface area contributed by atoms with Crippen molar-refractivity contribution in [1.29, 1.82) is 0 Å². The van der Waals surface area contributed by atoms with Crippen molar-refractivity contribution in [3.8, 4) is 17.1 Å². The van der Waals surface area contributed by atoms with Crippen LogP contribution in [0.4, 0.5) is 4.39 Å². The highest BCUT2D eigenvalue weighted by Crippen LogP contribution is 2.34. The van der Waals surface area contributed by atoms with Crippen molar-refractivity contribution < 1.29 is 18.3 Å². The van der Waals surface area contributed by atoms with E-state index in [-0.39, 0.29) is 24.2 Å². The largest absolute Gasteiger partial charge is 0.493 e. The van der Waals surface area contributed by atoms with Crippen molar-refractivity contribution in [2.24, 2.45) is 0 Å². The van der Waals surface area contributed by atoms with Crippen LogP contribution in [0, 0.1) is 5.82 Å². The number of hydrogen-bond acceptors (Lipinski definition) is 4. The van der Waals surface area contributed by atoms with E-state index in [2.05, 4.69) is 26.2 Å². The molecule has 1 aliphatic heterocycles. The Morgan fingerprint density at radius 2 is 2.07 bits per heavy atom. The smallest absolute Gasteiger partial charge is 0.220 e. The lowest BCUT2D eigenvalue weighted by atomic mass is 10.0. The molecule has 28 heavy (non-hydrogen) atoms. The maximum Gasteiger partial charge on any atom is 0.220 e. The van der Waals surface area contributed by atoms with E-state index in [4.69, 9.17) is 9.15 Å². The summed E-state index contributed by atoms with van der Waals surface area (Å²) >= 11 is 3.46. The average Bonchev–Trinajstić information content (AvgIpc) is 3.16. The number of amides is 1. The van der Waals surface area contributed by atoms with Gasteiger partial charge in [0.25, 0.3) is 0 Å². The van der Waals surface area contributed by atoms with Crippen molar-refractivity contribution in [1.82, 2.24) is 10.3 Å². The third-order valence-electron chi connectivity index (χ3n) is 4.59. The summed E-state index contributed by atoms with van der Waals surface area (Å²) in [6, 6.07) is 11.7. The minimum absolute atomic E-state index is 0.0700. The second kappa shape index (κ2) is 8.14. The lowest BCUT2D eigenvalue weighted by molar-refractivity contribution is -0.122. The standard InChI is InChI=1S/C21H18BrFN2O3/c22-14-3-6-18-16(11-14)17(9-10-27-18)25-20(26)7-8-21-24-12-19(28-21)13-1-4-15(23)5-2-13/h1-6,11-12,17H,7-10H2,(H,25,26). The van der Waals surface area contributed by atoms with E-state index in [0.717, 1.165) is 27.8 Å². The highest BCUT2D eigenvalue weighted by Gasteiger charge is 2.23. The molecule has 5 nitrogen and oxygen atoms in total. The number of rotatable bonds is 5. The van der Waals surface area contributed by atoms with Gasteiger partial charge < -0.3 is 14.5 Å². The summed E-state index contributed by atoms with van der Waals surface area (Å²) < 4.78 is 25.3. The third-order valence-corrected chi connectivity index (χ3v) is 5.09. The van der Waals surface area contributed by atoms with Crippen LogP contribution in [0.15, 0.2) is 57.6 Å². The molecular weight excluding hydrogens is 427 g/mol. The van der Waals surface area contributed by atoms with E-state index < -0.39 is 0 Å². The van der Waals surface area contributed by atoms with Gasteiger partial charge in [0.05, 0.1) is 18.8 Å². The number of aryl methyl sites for hydroxylation is 1. The second-order valence-electron chi connectivity index (χ2n) is 6.56. The molecule has 0 radical (unpaired) electrons. The van der Waals surface area contributed by atoms with Crippen LogP contribution in [0.3, 0.4) is 0 Å². The zero-order valence-corrected chi connectivity index (χ0v) is 16.5. The minimum atomic E-state index is -0.304. The Bertz CT molecular complexity index is 988. The van der Waals surface area contributed by atoms with Gasteiger partial charge in [0.1, 0.15) is 11.6 Å². The van der Waals surface area contributed by atoms with Gasteiger partial charge in [-0.2, -0.15) is 0 Å². The molecule has 0 saturated heterocycles. The first-order valence-electron chi connectivity index (χ1n) is 9.01. The van der Waals surface area contributed by atoms with Crippen molar-refractivity contribution >= 4 is 21.8 Å². The molecule has 3 aromatic rings. The number of fused-ring (bicyclic) bond motifs is 1. The molecule has 144 valence electrons. The molecule has 1 amide bonds. The lowest BCUT2D eigenvalue weighted by Crippen LogP contribution is -2.32. The van der Waals surface area contributed by atoms with Crippen LogP contribution in [-0.4, -0.2) is 17.5 Å². The predicted octanol–water partition coefficient (Wildman–Crippen LogP) is 4.82. The maximum atomic E-state index is 13.0. The number of halogens is 2. The fraction of sp³-hybridized carbons (Fsp3) is 0.238. The van der Waals surface area contributed by atoms with Crippen molar-refractivity contribution in [2.75, 3.05) is 6.61 Å². The molecule has 0 spiro atoms. The summed E-state index contributed by atoms with van der Waals surface area (Å²) in [7, 11) is 0. The van der Waals surface area contributed by atoms with Crippen LogP contribution < -0.4 is 10.1 Å². The van der Waals surface area contributed by atoms with Crippen LogP contribution >= 0.6 is 15.9 Å². The van der Waals surface area contributed by atoms with Crippen molar-refractivity contribution in [2.45, 2.75) is 25.3 Å². The molecule has 2 aromatic carbocycles. The van der Waals surface area contributed by atoms with E-state index in [1.54, 1.807) is 18.3 Å². The normalized spacial score (nSPS) is 15.6. The Kier molecular flexibility index (Phi) is 5.43. The zero-order valence-electron chi connectivity index (χ0n) is 15.0. The van der Waals surface area contributed by atoms with E-state index in [1.807, 2.05) is 18.2 Å². The second-order valence-corrected chi connectivity index (χ2v) is 7.48. The van der Waals surface area contributed by atoms with Gasteiger partial charge >= 0.3 is 0 Å². The van der Waals surface area contributed by atoms with Crippen LogP contribution in [0.1, 0.15) is 30.3 Å². The third kappa shape index (κ3) is 4.25. The van der Waals surface area contributed by atoms with Gasteiger partial charge in [0.2, 0.25) is 5.91 Å². The first kappa shape index (κ1) is 18.7. The highest BCUT2D eigenvalue weighted by atomic mass is 79.9. The Hall–Kier alpha value is -2.67. The van der Waals surface area contributed by atoms with Gasteiger partial charge in [-0.05, 0) is 42.5 Å². The minimum Gasteiger partial charge on any atom is -0.493 e. The number of oxazole rings is 1. The molecule has 1 aromatic heterocycles. The van der Waals surface area contributed by atoms with E-state index >= 15 is 0 Å². The predicted molar refractivity (Wildman–Crippen MR) is 105 cm³/mol. The van der Waals surface area contributed by atoms with E-state index in [1.165, 1.54) is 12.1 Å². The van der Waals surface area contributed by atoms with Crippen LogP contribution in [0.5, 0.6) is 5.75 Å². The summed E-state index contributed by atoms with van der Waals surface area (Å²) in [5.74, 6) is 1.46. The highest BCUT2D eigenvalue weighted by molar-refractivity contribution is 9.10. The molecule has 4 rings (SSSR count). The Balaban J connectivity index is 1.36. The number of nitrogens with one attached hydrogen (secondary N) is 1. The quantitative estimate of drug-likeness (QED) is 0.612. The Labute approximate surface area is 170 Å². The van der Waals surface area contributed by atoms with Gasteiger partial charge in [0, 0.05) is 34.9 Å². The number of nitrogens with zero attached hydrogens (tertiary/aromatic N) is 1. The van der Waals surface area contributed by atoms with Crippen molar-refractivity contribution in [3.05, 3.63) is 70.4 Å². The molecule has 1 atom stereocenters. The van der Waals surface area contributed by atoms with Gasteiger partial charge in [-0.25, -0.2) is 9.37 Å². The summed E-state index contributed by atoms with van der Waals surface area (Å²) in [5, 5.41) is 3.07.